The Kier molecular flexibility index (Phi) is 4.23. The number of hydrogen-bond acceptors (Lipinski definition) is 3. The predicted octanol–water partition coefficient (Wildman–Crippen LogP) is 3.24. The highest BCUT2D eigenvalue weighted by molar-refractivity contribution is 5.30. The number of nitrogens with zero attached hydrogens (tertiary/aromatic N) is 2. The molecule has 1 aromatic rings. The van der Waals surface area contributed by atoms with Crippen molar-refractivity contribution in [3.63, 3.8) is 0 Å². The van der Waals surface area contributed by atoms with E-state index in [9.17, 15) is 0 Å². The third kappa shape index (κ3) is 3.98. The minimum Gasteiger partial charge on any atom is -0.488 e. The molecule has 2 heterocycles. The van der Waals surface area contributed by atoms with Crippen molar-refractivity contribution >= 4 is 0 Å². The molecule has 2 rings (SSSR count). The van der Waals surface area contributed by atoms with Gasteiger partial charge in [-0.05, 0) is 52.8 Å². The zero-order valence-electron chi connectivity index (χ0n) is 11.8. The number of aromatic nitrogens is 1. The molecule has 0 saturated carbocycles. The molecule has 3 heteroatoms. The van der Waals surface area contributed by atoms with Crippen LogP contribution < -0.4 is 4.74 Å². The van der Waals surface area contributed by atoms with Crippen LogP contribution in [0.25, 0.3) is 0 Å². The van der Waals surface area contributed by atoms with Gasteiger partial charge in [-0.25, -0.2) is 0 Å². The van der Waals surface area contributed by atoms with Gasteiger partial charge in [0.15, 0.2) is 0 Å². The van der Waals surface area contributed by atoms with Crippen molar-refractivity contribution < 1.29 is 4.74 Å². The van der Waals surface area contributed by atoms with Gasteiger partial charge in [0, 0.05) is 24.5 Å². The summed E-state index contributed by atoms with van der Waals surface area (Å²) in [6.45, 7) is 9.60. The molecule has 1 aliphatic heterocycles. The summed E-state index contributed by atoms with van der Waals surface area (Å²) in [5.41, 5.74) is 1.05. The second kappa shape index (κ2) is 5.70. The number of hydrogen-bond donors (Lipinski definition) is 0. The SMILES string of the molecule is CC(C)(C)Oc1ccncc1CN1CCCCC1. The minimum atomic E-state index is -0.155. The van der Waals surface area contributed by atoms with Crippen LogP contribution >= 0.6 is 0 Å². The summed E-state index contributed by atoms with van der Waals surface area (Å²) in [4.78, 5) is 6.73. The maximum absolute atomic E-state index is 6.01. The predicted molar refractivity (Wildman–Crippen MR) is 73.7 cm³/mol. The molecule has 18 heavy (non-hydrogen) atoms. The van der Waals surface area contributed by atoms with Gasteiger partial charge < -0.3 is 4.74 Å². The number of ether oxygens (including phenoxy) is 1. The Labute approximate surface area is 110 Å². The molecule has 0 unspecified atom stereocenters. The van der Waals surface area contributed by atoms with Gasteiger partial charge in [0.05, 0.1) is 0 Å². The molecule has 0 bridgehead atoms. The molecule has 0 N–H and O–H groups in total. The molecule has 0 radical (unpaired) electrons. The second-order valence-corrected chi connectivity index (χ2v) is 6.03. The van der Waals surface area contributed by atoms with Crippen LogP contribution in [0.15, 0.2) is 18.5 Å². The van der Waals surface area contributed by atoms with E-state index < -0.39 is 0 Å². The summed E-state index contributed by atoms with van der Waals surface area (Å²) in [7, 11) is 0. The highest BCUT2D eigenvalue weighted by atomic mass is 16.5. The van der Waals surface area contributed by atoms with E-state index in [0.29, 0.717) is 0 Å². The summed E-state index contributed by atoms with van der Waals surface area (Å²) in [5, 5.41) is 0. The van der Waals surface area contributed by atoms with Crippen LogP contribution in [0.1, 0.15) is 45.6 Å². The molecule has 0 aromatic carbocycles. The fourth-order valence-electron chi connectivity index (χ4n) is 2.32. The Morgan fingerprint density at radius 3 is 2.61 bits per heavy atom. The third-order valence-electron chi connectivity index (χ3n) is 3.12. The number of piperidine rings is 1. The Morgan fingerprint density at radius 2 is 1.94 bits per heavy atom. The number of likely N-dealkylation sites (tertiary alicyclic amines) is 1. The first-order valence-corrected chi connectivity index (χ1v) is 6.89. The largest absolute Gasteiger partial charge is 0.488 e. The van der Waals surface area contributed by atoms with Crippen molar-refractivity contribution in [3.8, 4) is 5.75 Å². The van der Waals surface area contributed by atoms with Gasteiger partial charge in [-0.1, -0.05) is 6.42 Å². The van der Waals surface area contributed by atoms with Gasteiger partial charge >= 0.3 is 0 Å². The normalized spacial score (nSPS) is 17.7. The summed E-state index contributed by atoms with van der Waals surface area (Å²) in [6.07, 6.45) is 7.75. The average molecular weight is 248 g/mol. The molecular formula is C15H24N2O. The number of pyridine rings is 1. The molecule has 3 nitrogen and oxygen atoms in total. The highest BCUT2D eigenvalue weighted by Gasteiger charge is 2.17. The lowest BCUT2D eigenvalue weighted by molar-refractivity contribution is 0.126. The van der Waals surface area contributed by atoms with E-state index in [2.05, 4.69) is 30.7 Å². The maximum Gasteiger partial charge on any atom is 0.127 e. The monoisotopic (exact) mass is 248 g/mol. The van der Waals surface area contributed by atoms with Crippen molar-refractivity contribution in [3.05, 3.63) is 24.0 Å². The van der Waals surface area contributed by atoms with Crippen LogP contribution in [0.3, 0.4) is 0 Å². The van der Waals surface area contributed by atoms with E-state index in [1.54, 1.807) is 6.20 Å². The van der Waals surface area contributed by atoms with E-state index in [1.165, 1.54) is 37.9 Å². The quantitative estimate of drug-likeness (QED) is 0.821. The van der Waals surface area contributed by atoms with Crippen LogP contribution in [-0.2, 0) is 6.54 Å². The molecular weight excluding hydrogens is 224 g/mol. The standard InChI is InChI=1S/C15H24N2O/c1-15(2,3)18-14-7-8-16-11-13(14)12-17-9-5-4-6-10-17/h7-8,11H,4-6,9-10,12H2,1-3H3. The maximum atomic E-state index is 6.01. The zero-order chi connectivity index (χ0) is 13.0. The zero-order valence-corrected chi connectivity index (χ0v) is 11.8. The summed E-state index contributed by atoms with van der Waals surface area (Å²) in [5.74, 6) is 0.975. The summed E-state index contributed by atoms with van der Waals surface area (Å²) >= 11 is 0. The molecule has 0 aliphatic carbocycles. The molecule has 0 spiro atoms. The lowest BCUT2D eigenvalue weighted by Gasteiger charge is -2.28. The van der Waals surface area contributed by atoms with E-state index in [4.69, 9.17) is 4.74 Å². The Balaban J connectivity index is 2.06. The van der Waals surface area contributed by atoms with Gasteiger partial charge in [-0.15, -0.1) is 0 Å². The average Bonchev–Trinajstić information content (AvgIpc) is 2.31. The van der Waals surface area contributed by atoms with Crippen LogP contribution in [0.4, 0.5) is 0 Å². The van der Waals surface area contributed by atoms with E-state index in [-0.39, 0.29) is 5.60 Å². The molecule has 1 fully saturated rings. The Morgan fingerprint density at radius 1 is 1.22 bits per heavy atom. The minimum absolute atomic E-state index is 0.155. The van der Waals surface area contributed by atoms with Crippen molar-refractivity contribution in [2.75, 3.05) is 13.1 Å². The van der Waals surface area contributed by atoms with E-state index >= 15 is 0 Å². The fourth-order valence-corrected chi connectivity index (χ4v) is 2.32. The molecule has 1 aliphatic rings. The lowest BCUT2D eigenvalue weighted by atomic mass is 10.1. The second-order valence-electron chi connectivity index (χ2n) is 6.03. The van der Waals surface area contributed by atoms with Crippen LogP contribution in [0.2, 0.25) is 0 Å². The molecule has 1 saturated heterocycles. The fraction of sp³-hybridized carbons (Fsp3) is 0.667. The van der Waals surface area contributed by atoms with Crippen LogP contribution in [-0.4, -0.2) is 28.6 Å². The first-order valence-electron chi connectivity index (χ1n) is 6.89. The van der Waals surface area contributed by atoms with Gasteiger partial charge in [0.25, 0.3) is 0 Å². The van der Waals surface area contributed by atoms with Crippen molar-refractivity contribution in [2.45, 2.75) is 52.2 Å². The van der Waals surface area contributed by atoms with Crippen molar-refractivity contribution in [1.29, 1.82) is 0 Å². The molecule has 0 atom stereocenters. The molecule has 0 amide bonds. The smallest absolute Gasteiger partial charge is 0.127 e. The van der Waals surface area contributed by atoms with Crippen molar-refractivity contribution in [2.24, 2.45) is 0 Å². The van der Waals surface area contributed by atoms with Gasteiger partial charge in [0.1, 0.15) is 11.4 Å². The molecule has 1 aromatic heterocycles. The topological polar surface area (TPSA) is 25.4 Å². The van der Waals surface area contributed by atoms with Crippen molar-refractivity contribution in [1.82, 2.24) is 9.88 Å². The van der Waals surface area contributed by atoms with E-state index in [1.807, 2.05) is 12.3 Å². The highest BCUT2D eigenvalue weighted by Crippen LogP contribution is 2.24. The first kappa shape index (κ1) is 13.3. The Bertz CT molecular complexity index is 378. The summed E-state index contributed by atoms with van der Waals surface area (Å²) in [6, 6.07) is 1.98. The van der Waals surface area contributed by atoms with Crippen LogP contribution in [0.5, 0.6) is 5.75 Å². The van der Waals surface area contributed by atoms with Gasteiger partial charge in [-0.2, -0.15) is 0 Å². The van der Waals surface area contributed by atoms with Crippen LogP contribution in [0, 0.1) is 0 Å². The van der Waals surface area contributed by atoms with E-state index in [0.717, 1.165) is 12.3 Å². The van der Waals surface area contributed by atoms with Gasteiger partial charge in [-0.3, -0.25) is 9.88 Å². The Hall–Kier alpha value is -1.09. The van der Waals surface area contributed by atoms with Gasteiger partial charge in [0.2, 0.25) is 0 Å². The lowest BCUT2D eigenvalue weighted by Crippen LogP contribution is -2.30. The first-order chi connectivity index (χ1) is 8.54. The summed E-state index contributed by atoms with van der Waals surface area (Å²) < 4.78 is 6.01. The number of rotatable bonds is 3. The third-order valence-corrected chi connectivity index (χ3v) is 3.12. The molecule has 100 valence electrons.